The van der Waals surface area contributed by atoms with Crippen molar-refractivity contribution in [3.8, 4) is 0 Å². The van der Waals surface area contributed by atoms with E-state index < -0.39 is 5.97 Å². The molecule has 2 atom stereocenters. The molecule has 1 fully saturated rings. The normalized spacial score (nSPS) is 21.7. The average Bonchev–Trinajstić information content (AvgIpc) is 3.03. The van der Waals surface area contributed by atoms with E-state index in [0.717, 1.165) is 6.42 Å². The van der Waals surface area contributed by atoms with Crippen molar-refractivity contribution in [2.24, 2.45) is 0 Å². The number of nitrogens with one attached hydrogen (secondary N) is 1. The van der Waals surface area contributed by atoms with Crippen molar-refractivity contribution in [3.05, 3.63) is 16.1 Å². The standard InChI is InChI=1S/C12H17N3O4S/c1-7-9(3-4-19-7)15(2)12(18)13-5-10-14-8(6-20-10)11(16)17/h6-7,9H,3-5H2,1-2H3,(H,13,18)(H,16,17). The van der Waals surface area contributed by atoms with Gasteiger partial charge in [-0.1, -0.05) is 0 Å². The second kappa shape index (κ2) is 6.19. The molecule has 0 radical (unpaired) electrons. The average molecular weight is 299 g/mol. The summed E-state index contributed by atoms with van der Waals surface area (Å²) in [4.78, 5) is 28.3. The number of hydrogen-bond donors (Lipinski definition) is 2. The van der Waals surface area contributed by atoms with Crippen LogP contribution in [0.4, 0.5) is 4.79 Å². The second-order valence-corrected chi connectivity index (χ2v) is 5.58. The van der Waals surface area contributed by atoms with E-state index in [9.17, 15) is 9.59 Å². The van der Waals surface area contributed by atoms with Gasteiger partial charge in [0.25, 0.3) is 0 Å². The first-order valence-electron chi connectivity index (χ1n) is 6.29. The molecule has 1 aliphatic rings. The molecule has 0 aliphatic carbocycles. The molecule has 2 unspecified atom stereocenters. The number of nitrogens with zero attached hydrogens (tertiary/aromatic N) is 2. The van der Waals surface area contributed by atoms with Crippen LogP contribution < -0.4 is 5.32 Å². The smallest absolute Gasteiger partial charge is 0.355 e. The van der Waals surface area contributed by atoms with Crippen LogP contribution in [0.3, 0.4) is 0 Å². The summed E-state index contributed by atoms with van der Waals surface area (Å²) in [5.74, 6) is -1.06. The summed E-state index contributed by atoms with van der Waals surface area (Å²) in [5, 5.41) is 13.5. The largest absolute Gasteiger partial charge is 0.476 e. The minimum Gasteiger partial charge on any atom is -0.476 e. The van der Waals surface area contributed by atoms with E-state index in [-0.39, 0.29) is 30.4 Å². The van der Waals surface area contributed by atoms with Crippen LogP contribution in [-0.4, -0.2) is 52.8 Å². The van der Waals surface area contributed by atoms with Gasteiger partial charge in [-0.3, -0.25) is 0 Å². The highest BCUT2D eigenvalue weighted by molar-refractivity contribution is 7.09. The zero-order valence-corrected chi connectivity index (χ0v) is 12.1. The van der Waals surface area contributed by atoms with Crippen LogP contribution in [0.25, 0.3) is 0 Å². The Morgan fingerprint density at radius 2 is 2.40 bits per heavy atom. The molecular formula is C12H17N3O4S. The van der Waals surface area contributed by atoms with Gasteiger partial charge in [0.15, 0.2) is 5.69 Å². The summed E-state index contributed by atoms with van der Waals surface area (Å²) in [5.41, 5.74) is 0.00502. The molecule has 1 aliphatic heterocycles. The highest BCUT2D eigenvalue weighted by Gasteiger charge is 2.30. The van der Waals surface area contributed by atoms with Crippen molar-refractivity contribution in [1.82, 2.24) is 15.2 Å². The van der Waals surface area contributed by atoms with Gasteiger partial charge in [-0.05, 0) is 13.3 Å². The lowest BCUT2D eigenvalue weighted by Crippen LogP contribution is -2.46. The molecule has 2 N–H and O–H groups in total. The van der Waals surface area contributed by atoms with E-state index in [1.54, 1.807) is 11.9 Å². The second-order valence-electron chi connectivity index (χ2n) is 4.63. The first-order valence-corrected chi connectivity index (χ1v) is 7.17. The van der Waals surface area contributed by atoms with Gasteiger partial charge >= 0.3 is 12.0 Å². The predicted molar refractivity (Wildman–Crippen MR) is 72.9 cm³/mol. The summed E-state index contributed by atoms with van der Waals surface area (Å²) < 4.78 is 5.43. The van der Waals surface area contributed by atoms with Crippen LogP contribution in [0, 0.1) is 0 Å². The van der Waals surface area contributed by atoms with Crippen LogP contribution in [-0.2, 0) is 11.3 Å². The van der Waals surface area contributed by atoms with Crippen LogP contribution in [0.5, 0.6) is 0 Å². The molecule has 2 heterocycles. The summed E-state index contributed by atoms with van der Waals surface area (Å²) in [6.07, 6.45) is 0.857. The van der Waals surface area contributed by atoms with Crippen molar-refractivity contribution >= 4 is 23.3 Å². The molecule has 1 aromatic rings. The third-order valence-electron chi connectivity index (χ3n) is 3.32. The van der Waals surface area contributed by atoms with Gasteiger partial charge < -0.3 is 20.1 Å². The van der Waals surface area contributed by atoms with E-state index in [2.05, 4.69) is 10.3 Å². The molecule has 2 rings (SSSR count). The molecule has 1 saturated heterocycles. The fourth-order valence-corrected chi connectivity index (χ4v) is 2.85. The third-order valence-corrected chi connectivity index (χ3v) is 4.16. The molecule has 7 nitrogen and oxygen atoms in total. The molecule has 0 bridgehead atoms. The Morgan fingerprint density at radius 1 is 1.65 bits per heavy atom. The minimum atomic E-state index is -1.06. The molecule has 1 aromatic heterocycles. The van der Waals surface area contributed by atoms with Crippen molar-refractivity contribution in [2.75, 3.05) is 13.7 Å². The first-order chi connectivity index (χ1) is 9.49. The number of hydrogen-bond acceptors (Lipinski definition) is 5. The fraction of sp³-hybridized carbons (Fsp3) is 0.583. The lowest BCUT2D eigenvalue weighted by atomic mass is 10.1. The molecule has 0 saturated carbocycles. The first kappa shape index (κ1) is 14.7. The Bertz CT molecular complexity index is 505. The Labute approximate surface area is 120 Å². The summed E-state index contributed by atoms with van der Waals surface area (Å²) in [7, 11) is 1.73. The highest BCUT2D eigenvalue weighted by Crippen LogP contribution is 2.18. The SMILES string of the molecule is CC1OCCC1N(C)C(=O)NCc1nc(C(=O)O)cs1. The number of ether oxygens (including phenoxy) is 1. The summed E-state index contributed by atoms with van der Waals surface area (Å²) in [6, 6.07) is -0.139. The maximum absolute atomic E-state index is 12.0. The summed E-state index contributed by atoms with van der Waals surface area (Å²) >= 11 is 1.21. The van der Waals surface area contributed by atoms with E-state index in [0.29, 0.717) is 11.6 Å². The lowest BCUT2D eigenvalue weighted by Gasteiger charge is -2.26. The lowest BCUT2D eigenvalue weighted by molar-refractivity contribution is 0.0691. The van der Waals surface area contributed by atoms with Gasteiger partial charge in [0.2, 0.25) is 0 Å². The number of carboxylic acid groups (broad SMARTS) is 1. The topological polar surface area (TPSA) is 91.8 Å². The van der Waals surface area contributed by atoms with Gasteiger partial charge in [-0.25, -0.2) is 14.6 Å². The number of aromatic nitrogens is 1. The van der Waals surface area contributed by atoms with Crippen LogP contribution in [0.2, 0.25) is 0 Å². The molecule has 0 aromatic carbocycles. The third kappa shape index (κ3) is 3.26. The summed E-state index contributed by atoms with van der Waals surface area (Å²) in [6.45, 7) is 2.84. The molecule has 20 heavy (non-hydrogen) atoms. The van der Waals surface area contributed by atoms with Crippen molar-refractivity contribution < 1.29 is 19.4 Å². The molecule has 2 amide bonds. The zero-order chi connectivity index (χ0) is 14.7. The minimum absolute atomic E-state index is 0.00502. The Hall–Kier alpha value is -1.67. The van der Waals surface area contributed by atoms with E-state index in [4.69, 9.17) is 9.84 Å². The quantitative estimate of drug-likeness (QED) is 0.870. The van der Waals surface area contributed by atoms with Gasteiger partial charge in [0.1, 0.15) is 5.01 Å². The van der Waals surface area contributed by atoms with Crippen LogP contribution in [0.15, 0.2) is 5.38 Å². The number of urea groups is 1. The van der Waals surface area contributed by atoms with Gasteiger partial charge in [0.05, 0.1) is 18.7 Å². The number of aromatic carboxylic acids is 1. The Kier molecular flexibility index (Phi) is 4.56. The fourth-order valence-electron chi connectivity index (χ4n) is 2.15. The number of rotatable bonds is 4. The number of carbonyl (C=O) groups is 2. The Morgan fingerprint density at radius 3 is 2.95 bits per heavy atom. The van der Waals surface area contributed by atoms with Crippen LogP contribution >= 0.6 is 11.3 Å². The number of thiazole rings is 1. The van der Waals surface area contributed by atoms with Gasteiger partial charge in [0, 0.05) is 19.0 Å². The Balaban J connectivity index is 1.86. The van der Waals surface area contributed by atoms with Crippen molar-refractivity contribution in [3.63, 3.8) is 0 Å². The van der Waals surface area contributed by atoms with E-state index >= 15 is 0 Å². The van der Waals surface area contributed by atoms with E-state index in [1.807, 2.05) is 6.92 Å². The highest BCUT2D eigenvalue weighted by atomic mass is 32.1. The number of amides is 2. The number of carbonyl (C=O) groups excluding carboxylic acids is 1. The maximum Gasteiger partial charge on any atom is 0.355 e. The predicted octanol–water partition coefficient (Wildman–Crippen LogP) is 1.16. The number of carboxylic acids is 1. The van der Waals surface area contributed by atoms with Crippen molar-refractivity contribution in [2.45, 2.75) is 32.0 Å². The molecular weight excluding hydrogens is 282 g/mol. The van der Waals surface area contributed by atoms with Crippen molar-refractivity contribution in [1.29, 1.82) is 0 Å². The van der Waals surface area contributed by atoms with Gasteiger partial charge in [-0.15, -0.1) is 11.3 Å². The molecule has 0 spiro atoms. The molecule has 110 valence electrons. The van der Waals surface area contributed by atoms with E-state index in [1.165, 1.54) is 16.7 Å². The monoisotopic (exact) mass is 299 g/mol. The maximum atomic E-state index is 12.0. The molecule has 8 heteroatoms. The van der Waals surface area contributed by atoms with Crippen LogP contribution in [0.1, 0.15) is 28.8 Å². The van der Waals surface area contributed by atoms with Gasteiger partial charge in [-0.2, -0.15) is 0 Å². The zero-order valence-electron chi connectivity index (χ0n) is 11.3. The number of likely N-dealkylation sites (N-methyl/N-ethyl adjacent to an activating group) is 1.